The van der Waals surface area contributed by atoms with Crippen LogP contribution in [0.3, 0.4) is 0 Å². The summed E-state index contributed by atoms with van der Waals surface area (Å²) in [6, 6.07) is 16.3. The minimum Gasteiger partial charge on any atom is -0.481 e. The second kappa shape index (κ2) is 9.21. The van der Waals surface area contributed by atoms with Crippen molar-refractivity contribution in [1.82, 2.24) is 4.90 Å². The minimum atomic E-state index is -0.641. The normalized spacial score (nSPS) is 15.5. The van der Waals surface area contributed by atoms with Gasteiger partial charge in [-0.3, -0.25) is 9.59 Å². The van der Waals surface area contributed by atoms with E-state index in [1.165, 1.54) is 12.8 Å². The van der Waals surface area contributed by atoms with Gasteiger partial charge in [0.25, 0.3) is 11.8 Å². The number of para-hydroxylation sites is 1. The predicted molar refractivity (Wildman–Crippen MR) is 106 cm³/mol. The molecule has 1 N–H and O–H groups in total. The molecule has 1 aliphatic rings. The van der Waals surface area contributed by atoms with E-state index in [1.807, 2.05) is 35.2 Å². The molecule has 2 aromatic rings. The molecule has 3 rings (SSSR count). The molecule has 1 atom stereocenters. The van der Waals surface area contributed by atoms with Crippen molar-refractivity contribution in [3.05, 3.63) is 60.2 Å². The van der Waals surface area contributed by atoms with Crippen LogP contribution in [-0.2, 0) is 4.79 Å². The third kappa shape index (κ3) is 5.33. The Labute approximate surface area is 160 Å². The average Bonchev–Trinajstić information content (AvgIpc) is 2.98. The van der Waals surface area contributed by atoms with Crippen LogP contribution in [0.5, 0.6) is 5.75 Å². The van der Waals surface area contributed by atoms with Crippen LogP contribution in [-0.4, -0.2) is 35.9 Å². The fourth-order valence-electron chi connectivity index (χ4n) is 3.19. The summed E-state index contributed by atoms with van der Waals surface area (Å²) in [6.07, 6.45) is 3.82. The molecule has 1 fully saturated rings. The first-order valence-electron chi connectivity index (χ1n) is 9.55. The van der Waals surface area contributed by atoms with Crippen LogP contribution in [0.2, 0.25) is 0 Å². The zero-order chi connectivity index (χ0) is 19.1. The second-order valence-electron chi connectivity index (χ2n) is 6.85. The van der Waals surface area contributed by atoms with Crippen LogP contribution in [0.15, 0.2) is 54.6 Å². The molecule has 0 spiro atoms. The number of likely N-dealkylation sites (tertiary alicyclic amines) is 1. The van der Waals surface area contributed by atoms with E-state index in [1.54, 1.807) is 31.2 Å². The Kier molecular flexibility index (Phi) is 6.47. The fraction of sp³-hybridized carbons (Fsp3) is 0.364. The van der Waals surface area contributed by atoms with E-state index in [9.17, 15) is 9.59 Å². The van der Waals surface area contributed by atoms with Gasteiger partial charge < -0.3 is 15.0 Å². The molecule has 0 radical (unpaired) electrons. The van der Waals surface area contributed by atoms with E-state index in [-0.39, 0.29) is 11.8 Å². The molecule has 0 saturated carbocycles. The monoisotopic (exact) mass is 366 g/mol. The Morgan fingerprint density at radius 2 is 1.67 bits per heavy atom. The molecular weight excluding hydrogens is 340 g/mol. The molecule has 1 aliphatic heterocycles. The number of rotatable bonds is 5. The van der Waals surface area contributed by atoms with Crippen molar-refractivity contribution in [2.24, 2.45) is 0 Å². The number of nitrogens with one attached hydrogen (secondary N) is 1. The number of benzene rings is 2. The number of carbonyl (C=O) groups is 2. The summed E-state index contributed by atoms with van der Waals surface area (Å²) in [5.74, 6) is 0.421. The maximum Gasteiger partial charge on any atom is 0.265 e. The van der Waals surface area contributed by atoms with Crippen LogP contribution in [0.4, 0.5) is 5.69 Å². The third-order valence-electron chi connectivity index (χ3n) is 4.70. The molecule has 5 nitrogen and oxygen atoms in total. The number of carbonyl (C=O) groups excluding carboxylic acids is 2. The van der Waals surface area contributed by atoms with Crippen LogP contribution < -0.4 is 10.1 Å². The third-order valence-corrected chi connectivity index (χ3v) is 4.70. The van der Waals surface area contributed by atoms with Gasteiger partial charge in [-0.05, 0) is 50.1 Å². The van der Waals surface area contributed by atoms with Gasteiger partial charge in [0.15, 0.2) is 6.10 Å². The summed E-state index contributed by atoms with van der Waals surface area (Å²) in [7, 11) is 0. The average molecular weight is 366 g/mol. The van der Waals surface area contributed by atoms with Crippen LogP contribution in [0, 0.1) is 0 Å². The van der Waals surface area contributed by atoms with Gasteiger partial charge in [-0.25, -0.2) is 0 Å². The van der Waals surface area contributed by atoms with Crippen LogP contribution in [0.1, 0.15) is 43.0 Å². The van der Waals surface area contributed by atoms with Crippen LogP contribution in [0.25, 0.3) is 0 Å². The standard InChI is InChI=1S/C22H26N2O3/c1-17(27-20-12-5-4-6-13-20)21(25)23-19-11-9-10-18(16-19)22(26)24-14-7-2-3-8-15-24/h4-6,9-13,16-17H,2-3,7-8,14-15H2,1H3,(H,23,25). The van der Waals surface area contributed by atoms with Crippen molar-refractivity contribution in [3.8, 4) is 5.75 Å². The summed E-state index contributed by atoms with van der Waals surface area (Å²) >= 11 is 0. The summed E-state index contributed by atoms with van der Waals surface area (Å²) in [6.45, 7) is 3.31. The molecule has 5 heteroatoms. The first-order valence-corrected chi connectivity index (χ1v) is 9.55. The molecular formula is C22H26N2O3. The maximum absolute atomic E-state index is 12.8. The first kappa shape index (κ1) is 19.0. The lowest BCUT2D eigenvalue weighted by molar-refractivity contribution is -0.122. The van der Waals surface area contributed by atoms with Crippen molar-refractivity contribution in [3.63, 3.8) is 0 Å². The highest BCUT2D eigenvalue weighted by Gasteiger charge is 2.19. The summed E-state index contributed by atoms with van der Waals surface area (Å²) in [5.41, 5.74) is 1.20. The first-order chi connectivity index (χ1) is 13.1. The number of ether oxygens (including phenoxy) is 1. The Morgan fingerprint density at radius 3 is 2.37 bits per heavy atom. The van der Waals surface area contributed by atoms with Crippen molar-refractivity contribution in [1.29, 1.82) is 0 Å². The predicted octanol–water partition coefficient (Wildman–Crippen LogP) is 4.11. The Morgan fingerprint density at radius 1 is 0.963 bits per heavy atom. The molecule has 0 bridgehead atoms. The second-order valence-corrected chi connectivity index (χ2v) is 6.85. The Hall–Kier alpha value is -2.82. The number of nitrogens with zero attached hydrogens (tertiary/aromatic N) is 1. The van der Waals surface area contributed by atoms with Gasteiger partial charge in [0.1, 0.15) is 5.75 Å². The highest BCUT2D eigenvalue weighted by atomic mass is 16.5. The molecule has 2 amide bonds. The minimum absolute atomic E-state index is 0.0292. The summed E-state index contributed by atoms with van der Waals surface area (Å²) in [5, 5.41) is 2.84. The smallest absolute Gasteiger partial charge is 0.265 e. The zero-order valence-electron chi connectivity index (χ0n) is 15.7. The van der Waals surface area contributed by atoms with E-state index < -0.39 is 6.10 Å². The van der Waals surface area contributed by atoms with Gasteiger partial charge in [-0.15, -0.1) is 0 Å². The molecule has 142 valence electrons. The molecule has 1 saturated heterocycles. The number of hydrogen-bond donors (Lipinski definition) is 1. The molecule has 27 heavy (non-hydrogen) atoms. The van der Waals surface area contributed by atoms with Gasteiger partial charge in [0, 0.05) is 24.3 Å². The fourth-order valence-corrected chi connectivity index (χ4v) is 3.19. The van der Waals surface area contributed by atoms with Crippen molar-refractivity contribution >= 4 is 17.5 Å². The number of amides is 2. The molecule has 2 aromatic carbocycles. The lowest BCUT2D eigenvalue weighted by Gasteiger charge is -2.21. The molecule has 0 aromatic heterocycles. The maximum atomic E-state index is 12.8. The lowest BCUT2D eigenvalue weighted by atomic mass is 10.1. The molecule has 1 heterocycles. The van der Waals surface area contributed by atoms with E-state index in [0.717, 1.165) is 25.9 Å². The SMILES string of the molecule is CC(Oc1ccccc1)C(=O)Nc1cccc(C(=O)N2CCCCCC2)c1. The van der Waals surface area contributed by atoms with E-state index >= 15 is 0 Å². The largest absolute Gasteiger partial charge is 0.481 e. The van der Waals surface area contributed by atoms with Gasteiger partial charge in [-0.2, -0.15) is 0 Å². The lowest BCUT2D eigenvalue weighted by Crippen LogP contribution is -2.32. The van der Waals surface area contributed by atoms with Gasteiger partial charge in [0.2, 0.25) is 0 Å². The van der Waals surface area contributed by atoms with Gasteiger partial charge in [-0.1, -0.05) is 37.1 Å². The van der Waals surface area contributed by atoms with Crippen molar-refractivity contribution in [2.45, 2.75) is 38.7 Å². The summed E-state index contributed by atoms with van der Waals surface area (Å²) < 4.78 is 5.65. The quantitative estimate of drug-likeness (QED) is 0.866. The highest BCUT2D eigenvalue weighted by Crippen LogP contribution is 2.17. The Bertz CT molecular complexity index is 768. The van der Waals surface area contributed by atoms with Crippen molar-refractivity contribution in [2.75, 3.05) is 18.4 Å². The summed E-state index contributed by atoms with van der Waals surface area (Å²) in [4.78, 5) is 27.1. The Balaban J connectivity index is 1.62. The van der Waals surface area contributed by atoms with Crippen LogP contribution >= 0.6 is 0 Å². The van der Waals surface area contributed by atoms with E-state index in [2.05, 4.69) is 5.32 Å². The topological polar surface area (TPSA) is 58.6 Å². The van der Waals surface area contributed by atoms with E-state index in [4.69, 9.17) is 4.74 Å². The highest BCUT2D eigenvalue weighted by molar-refractivity contribution is 5.98. The molecule has 1 unspecified atom stereocenters. The molecule has 0 aliphatic carbocycles. The zero-order valence-corrected chi connectivity index (χ0v) is 15.7. The van der Waals surface area contributed by atoms with Crippen molar-refractivity contribution < 1.29 is 14.3 Å². The van der Waals surface area contributed by atoms with Gasteiger partial charge in [0.05, 0.1) is 0 Å². The van der Waals surface area contributed by atoms with Gasteiger partial charge >= 0.3 is 0 Å². The van der Waals surface area contributed by atoms with E-state index in [0.29, 0.717) is 17.0 Å². The number of hydrogen-bond acceptors (Lipinski definition) is 3. The number of anilines is 1.